The molecule has 12 atom stereocenters. The maximum atomic E-state index is 13.2. The van der Waals surface area contributed by atoms with Crippen LogP contribution in [0.2, 0.25) is 0 Å². The Morgan fingerprint density at radius 3 is 1.20 bits per heavy atom. The number of carbonyl (C=O) groups excluding carboxylic acids is 4. The smallest absolute Gasteiger partial charge is 0.339 e. The number of rotatable bonds is 12. The zero-order valence-electron chi connectivity index (χ0n) is 62.5. The highest BCUT2D eigenvalue weighted by Crippen LogP contribution is 2.53. The van der Waals surface area contributed by atoms with Gasteiger partial charge in [-0.05, 0) is 169 Å². The molecule has 0 spiro atoms. The number of aliphatic hydroxyl groups is 4. The third kappa shape index (κ3) is 13.0. The molecule has 0 aromatic heterocycles. The quantitative estimate of drug-likeness (QED) is 0.0652. The van der Waals surface area contributed by atoms with E-state index in [0.717, 1.165) is 105 Å². The van der Waals surface area contributed by atoms with Crippen LogP contribution in [0.15, 0.2) is 91.0 Å². The molecule has 0 radical (unpaired) electrons. The fourth-order valence-electron chi connectivity index (χ4n) is 16.2. The number of benzene rings is 9. The number of ether oxygens (including phenoxy) is 17. The zero-order valence-corrected chi connectivity index (χ0v) is 62.5. The fourth-order valence-corrected chi connectivity index (χ4v) is 16.2. The first-order valence-electron chi connectivity index (χ1n) is 36.6. The molecule has 110 heavy (non-hydrogen) atoms. The van der Waals surface area contributed by atoms with Crippen LogP contribution in [-0.4, -0.2) is 160 Å². The van der Waals surface area contributed by atoms with Crippen molar-refractivity contribution in [3.05, 3.63) is 158 Å². The minimum atomic E-state index is -1.44. The first-order valence-corrected chi connectivity index (χ1v) is 36.6. The highest BCUT2D eigenvalue weighted by molar-refractivity contribution is 6.17. The van der Waals surface area contributed by atoms with Gasteiger partial charge >= 0.3 is 17.9 Å². The van der Waals surface area contributed by atoms with Gasteiger partial charge in [0.2, 0.25) is 39.2 Å². The summed E-state index contributed by atoms with van der Waals surface area (Å²) in [5.41, 5.74) is 14.6. The van der Waals surface area contributed by atoms with Crippen molar-refractivity contribution in [1.29, 1.82) is 0 Å². The molecule has 4 N–H and O–H groups in total. The van der Waals surface area contributed by atoms with Gasteiger partial charge in [-0.1, -0.05) is 50.2 Å². The van der Waals surface area contributed by atoms with Crippen molar-refractivity contribution in [2.24, 2.45) is 11.8 Å². The molecule has 25 heteroatoms. The Labute approximate surface area is 632 Å². The van der Waals surface area contributed by atoms with Gasteiger partial charge in [0.1, 0.15) is 61.0 Å². The monoisotopic (exact) mass is 1500 g/mol. The number of cyclic esters (lactones) is 2. The predicted molar refractivity (Wildman–Crippen MR) is 396 cm³/mol. The van der Waals surface area contributed by atoms with Gasteiger partial charge in [0, 0.05) is 94.5 Å². The van der Waals surface area contributed by atoms with Crippen LogP contribution in [0, 0.1) is 53.4 Å². The molecular formula is C85H84O25. The Bertz CT molecular complexity index is 5260. The molecule has 8 aliphatic heterocycles. The molecule has 3 fully saturated rings. The molecule has 1 aliphatic carbocycles. The van der Waals surface area contributed by atoms with E-state index in [0.29, 0.717) is 106 Å². The number of carbonyl (C=O) groups is 4. The van der Waals surface area contributed by atoms with Crippen molar-refractivity contribution in [3.8, 4) is 85.1 Å². The maximum absolute atomic E-state index is 13.2. The van der Waals surface area contributed by atoms with Gasteiger partial charge in [-0.15, -0.1) is 0 Å². The highest BCUT2D eigenvalue weighted by Gasteiger charge is 2.47. The van der Waals surface area contributed by atoms with E-state index in [1.54, 1.807) is 14.2 Å². The molecule has 9 aliphatic rings. The molecule has 3 saturated heterocycles. The van der Waals surface area contributed by atoms with Crippen LogP contribution in [0.25, 0.3) is 65.7 Å². The Morgan fingerprint density at radius 1 is 0.391 bits per heavy atom. The van der Waals surface area contributed by atoms with E-state index in [2.05, 4.69) is 12.1 Å². The molecule has 9 aromatic rings. The predicted octanol–water partition coefficient (Wildman–Crippen LogP) is 11.9. The number of Topliss-reactive ketones (excluding diaryl/α,β-unsaturated/α-hetero) is 1. The summed E-state index contributed by atoms with van der Waals surface area (Å²) in [7, 11) is 3.14. The summed E-state index contributed by atoms with van der Waals surface area (Å²) >= 11 is 0. The van der Waals surface area contributed by atoms with Crippen LogP contribution in [0.3, 0.4) is 0 Å². The Balaban J connectivity index is 0.000000126. The minimum absolute atomic E-state index is 0.00972. The van der Waals surface area contributed by atoms with E-state index < -0.39 is 79.5 Å². The molecule has 574 valence electrons. The molecule has 8 heterocycles. The molecule has 0 saturated carbocycles. The lowest BCUT2D eigenvalue weighted by molar-refractivity contribution is -0.241. The van der Waals surface area contributed by atoms with E-state index in [4.69, 9.17) is 80.5 Å². The number of hydrogen-bond acceptors (Lipinski definition) is 25. The van der Waals surface area contributed by atoms with Gasteiger partial charge in [-0.25, -0.2) is 9.59 Å². The van der Waals surface area contributed by atoms with Crippen molar-refractivity contribution in [1.82, 2.24) is 0 Å². The summed E-state index contributed by atoms with van der Waals surface area (Å²) in [5, 5.41) is 46.3. The second kappa shape index (κ2) is 29.5. The first kappa shape index (κ1) is 73.8. The maximum Gasteiger partial charge on any atom is 0.339 e. The summed E-state index contributed by atoms with van der Waals surface area (Å²) < 4.78 is 97.9. The number of esters is 3. The molecule has 25 nitrogen and oxygen atoms in total. The number of fused-ring (bicyclic) bond motifs is 9. The van der Waals surface area contributed by atoms with Crippen molar-refractivity contribution in [2.75, 3.05) is 54.4 Å². The van der Waals surface area contributed by atoms with Crippen molar-refractivity contribution >= 4 is 56.0 Å². The normalized spacial score (nSPS) is 24.4. The molecule has 18 rings (SSSR count). The van der Waals surface area contributed by atoms with Gasteiger partial charge < -0.3 is 101 Å². The molecule has 12 unspecified atom stereocenters. The molecule has 0 amide bonds. The van der Waals surface area contributed by atoms with Gasteiger partial charge in [-0.2, -0.15) is 0 Å². The van der Waals surface area contributed by atoms with Crippen molar-refractivity contribution in [3.63, 3.8) is 0 Å². The minimum Gasteiger partial charge on any atom is -0.461 e. The fraction of sp³-hybridized carbons (Fsp3) is 0.388. The van der Waals surface area contributed by atoms with E-state index in [1.165, 1.54) is 6.92 Å². The summed E-state index contributed by atoms with van der Waals surface area (Å²) in [6.45, 7) is 18.5. The van der Waals surface area contributed by atoms with Crippen LogP contribution in [0.5, 0.6) is 51.7 Å². The molecular weight excluding hydrogens is 1420 g/mol. The Hall–Kier alpha value is -10.3. The van der Waals surface area contributed by atoms with E-state index >= 15 is 0 Å². The SMILES string of the molecule is COC1C(C)COC(Oc2c3c(c(-c4ccc5c(c4)OCO5)c4cc(C)c(C)cc24)C(=O)OC3)C1O.COC1C(C)COC(Oc2c3c(c(-c4ccc5c(c4)OCO5)c4cc(C)c(C)cc24)C(=O)OC3)C1OC(C)=O.Cc1cc2c(OC3OCC(O)C(O)C3O)c3c(c(-c4ccc5c(c4)OCO5)c2cc1C)C(=O)CC3. The average molecular weight is 1510 g/mol. The summed E-state index contributed by atoms with van der Waals surface area (Å²) in [4.78, 5) is 51.6. The Kier molecular flexibility index (Phi) is 19.8. The number of methoxy groups -OCH3 is 2. The van der Waals surface area contributed by atoms with E-state index in [9.17, 15) is 39.6 Å². The zero-order chi connectivity index (χ0) is 77.0. The van der Waals surface area contributed by atoms with Crippen LogP contribution >= 0.6 is 0 Å². The summed E-state index contributed by atoms with van der Waals surface area (Å²) in [5.74, 6) is 3.93. The lowest BCUT2D eigenvalue weighted by Gasteiger charge is -2.40. The number of hydrogen-bond donors (Lipinski definition) is 4. The number of aryl methyl sites for hydroxylation is 6. The lowest BCUT2D eigenvalue weighted by Crippen LogP contribution is -2.54. The molecule has 9 aromatic carbocycles. The van der Waals surface area contributed by atoms with Crippen LogP contribution in [0.4, 0.5) is 0 Å². The van der Waals surface area contributed by atoms with E-state index in [1.807, 2.05) is 134 Å². The van der Waals surface area contributed by atoms with Crippen molar-refractivity contribution < 1.29 is 120 Å². The standard InChI is InChI=1S/C30H30O9.C28H28O8.C27H26O8/c1-14-8-19-20(9-15(14)2)27(39-30-28(38-17(4)31)26(33-5)16(3)11-35-30)21-12-34-29(32)25(21)24(19)18-6-7-22-23(10-18)37-13-36-22;1-13-7-17-18(8-14(13)2)26(36-28-24(29)25(31-4)15(3)10-33-28)19-11-32-27(30)23(19)22(17)16-5-6-20-21(9-16)35-12-34-20;1-12-7-16-17(8-13(12)2)26(35-27-25(31)24(30)19(29)10-32-27)15-4-5-18(28)23(15)22(16)14-3-6-20-21(9-14)34-11-33-20/h6-10,16,26,28,30H,11-13H2,1-5H3;5-9,15,24-25,28-29H,10-12H2,1-4H3;3,6-9,19,24-25,27,29-31H,4-5,10-11H2,1-2H3. The van der Waals surface area contributed by atoms with Crippen LogP contribution in [-0.2, 0) is 62.3 Å². The molecule has 0 bridgehead atoms. The highest BCUT2D eigenvalue weighted by atomic mass is 16.7. The van der Waals surface area contributed by atoms with Crippen LogP contribution < -0.4 is 42.6 Å². The topological polar surface area (TPSA) is 306 Å². The third-order valence-corrected chi connectivity index (χ3v) is 22.3. The van der Waals surface area contributed by atoms with Gasteiger partial charge in [0.25, 0.3) is 0 Å². The second-order valence-electron chi connectivity index (χ2n) is 29.3. The second-order valence-corrected chi connectivity index (χ2v) is 29.3. The third-order valence-electron chi connectivity index (χ3n) is 22.3. The first-order chi connectivity index (χ1) is 53.0. The lowest BCUT2D eigenvalue weighted by atomic mass is 9.87. The van der Waals surface area contributed by atoms with E-state index in [-0.39, 0.29) is 57.8 Å². The number of aliphatic hydroxyl groups excluding tert-OH is 4. The summed E-state index contributed by atoms with van der Waals surface area (Å²) in [6, 6.07) is 29.2. The Morgan fingerprint density at radius 2 is 0.764 bits per heavy atom. The average Bonchev–Trinajstić information content (AvgIpc) is 1.26. The van der Waals surface area contributed by atoms with Crippen LogP contribution in [0.1, 0.15) is 108 Å². The largest absolute Gasteiger partial charge is 0.461 e. The summed E-state index contributed by atoms with van der Waals surface area (Å²) in [6.07, 6.45) is -8.97. The van der Waals surface area contributed by atoms with Crippen molar-refractivity contribution in [2.45, 2.75) is 150 Å². The van der Waals surface area contributed by atoms with Gasteiger partial charge in [-0.3, -0.25) is 9.59 Å². The van der Waals surface area contributed by atoms with Gasteiger partial charge in [0.15, 0.2) is 46.4 Å². The number of ketones is 1. The van der Waals surface area contributed by atoms with Gasteiger partial charge in [0.05, 0.1) is 37.1 Å².